The molecule has 1 aromatic heterocycles. The molecule has 7 heteroatoms. The van der Waals surface area contributed by atoms with Crippen molar-refractivity contribution in [3.05, 3.63) is 42.0 Å². The Morgan fingerprint density at radius 1 is 1.20 bits per heavy atom. The van der Waals surface area contributed by atoms with Gasteiger partial charge in [-0.2, -0.15) is 0 Å². The van der Waals surface area contributed by atoms with Crippen molar-refractivity contribution in [1.82, 2.24) is 24.6 Å². The van der Waals surface area contributed by atoms with Crippen LogP contribution >= 0.6 is 0 Å². The molecule has 2 unspecified atom stereocenters. The molecule has 2 atom stereocenters. The molecule has 2 aliphatic rings. The Labute approximate surface area is 146 Å². The number of benzene rings is 1. The average Bonchev–Trinajstić information content (AvgIpc) is 3.23. The van der Waals surface area contributed by atoms with Gasteiger partial charge in [0.15, 0.2) is 0 Å². The Kier molecular flexibility index (Phi) is 3.78. The largest absolute Gasteiger partial charge is 0.336 e. The van der Waals surface area contributed by atoms with Crippen molar-refractivity contribution >= 4 is 11.8 Å². The summed E-state index contributed by atoms with van der Waals surface area (Å²) in [5, 5.41) is 7.68. The van der Waals surface area contributed by atoms with Gasteiger partial charge in [0.1, 0.15) is 12.7 Å². The number of nitrogens with zero attached hydrogens (tertiary/aromatic N) is 5. The Balaban J connectivity index is 1.62. The molecule has 2 saturated heterocycles. The SMILES string of the molecule is Cc1ccc(-n2cnnc2)c(C(=O)N2CCN3C(=O)C(C)CC3C2)c1. The van der Waals surface area contributed by atoms with Crippen LogP contribution < -0.4 is 0 Å². The smallest absolute Gasteiger partial charge is 0.256 e. The predicted octanol–water partition coefficient (Wildman–Crippen LogP) is 1.27. The highest BCUT2D eigenvalue weighted by atomic mass is 16.2. The first-order valence-corrected chi connectivity index (χ1v) is 8.60. The number of carbonyl (C=O) groups excluding carboxylic acids is 2. The Hall–Kier alpha value is -2.70. The molecule has 2 aliphatic heterocycles. The van der Waals surface area contributed by atoms with Crippen LogP contribution in [0.15, 0.2) is 30.9 Å². The maximum Gasteiger partial charge on any atom is 0.256 e. The third-order valence-corrected chi connectivity index (χ3v) is 5.18. The van der Waals surface area contributed by atoms with Crippen LogP contribution in [0.25, 0.3) is 5.69 Å². The molecule has 0 N–H and O–H groups in total. The van der Waals surface area contributed by atoms with Crippen molar-refractivity contribution in [3.8, 4) is 5.69 Å². The summed E-state index contributed by atoms with van der Waals surface area (Å²) in [4.78, 5) is 29.1. The number of hydrogen-bond donors (Lipinski definition) is 0. The van der Waals surface area contributed by atoms with Gasteiger partial charge in [0.2, 0.25) is 5.91 Å². The quantitative estimate of drug-likeness (QED) is 0.826. The van der Waals surface area contributed by atoms with E-state index >= 15 is 0 Å². The van der Waals surface area contributed by atoms with Crippen LogP contribution in [0.4, 0.5) is 0 Å². The van der Waals surface area contributed by atoms with Crippen molar-refractivity contribution in [2.45, 2.75) is 26.3 Å². The fraction of sp³-hybridized carbons (Fsp3) is 0.444. The van der Waals surface area contributed by atoms with Gasteiger partial charge in [-0.1, -0.05) is 18.6 Å². The van der Waals surface area contributed by atoms with Gasteiger partial charge < -0.3 is 9.80 Å². The molecule has 0 spiro atoms. The maximum atomic E-state index is 13.2. The molecule has 3 heterocycles. The van der Waals surface area contributed by atoms with Gasteiger partial charge in [0.25, 0.3) is 5.91 Å². The van der Waals surface area contributed by atoms with Crippen LogP contribution in [-0.2, 0) is 4.79 Å². The molecule has 0 saturated carbocycles. The van der Waals surface area contributed by atoms with Crippen molar-refractivity contribution in [1.29, 1.82) is 0 Å². The average molecular weight is 339 g/mol. The third kappa shape index (κ3) is 2.69. The van der Waals surface area contributed by atoms with E-state index in [9.17, 15) is 9.59 Å². The molecule has 2 aromatic rings. The number of aromatic nitrogens is 3. The van der Waals surface area contributed by atoms with E-state index in [-0.39, 0.29) is 23.8 Å². The van der Waals surface area contributed by atoms with Crippen LogP contribution in [0.3, 0.4) is 0 Å². The van der Waals surface area contributed by atoms with Gasteiger partial charge in [-0.25, -0.2) is 0 Å². The van der Waals surface area contributed by atoms with E-state index in [1.807, 2.05) is 41.8 Å². The number of fused-ring (bicyclic) bond motifs is 1. The minimum atomic E-state index is -0.000878. The van der Waals surface area contributed by atoms with Crippen LogP contribution in [0.1, 0.15) is 29.3 Å². The fourth-order valence-electron chi connectivity index (χ4n) is 3.87. The lowest BCUT2D eigenvalue weighted by Gasteiger charge is -2.37. The lowest BCUT2D eigenvalue weighted by Crippen LogP contribution is -2.53. The number of amides is 2. The van der Waals surface area contributed by atoms with Crippen LogP contribution in [0.5, 0.6) is 0 Å². The summed E-state index contributed by atoms with van der Waals surface area (Å²) in [5.41, 5.74) is 2.45. The zero-order valence-electron chi connectivity index (χ0n) is 14.4. The molecule has 7 nitrogen and oxygen atoms in total. The molecule has 0 radical (unpaired) electrons. The molecule has 25 heavy (non-hydrogen) atoms. The van der Waals surface area contributed by atoms with E-state index in [1.54, 1.807) is 17.2 Å². The number of rotatable bonds is 2. The van der Waals surface area contributed by atoms with Gasteiger partial charge in [-0.15, -0.1) is 10.2 Å². The second kappa shape index (κ2) is 5.98. The Morgan fingerprint density at radius 2 is 1.96 bits per heavy atom. The highest BCUT2D eigenvalue weighted by molar-refractivity contribution is 5.98. The predicted molar refractivity (Wildman–Crippen MR) is 91.3 cm³/mol. The summed E-state index contributed by atoms with van der Waals surface area (Å²) in [7, 11) is 0. The summed E-state index contributed by atoms with van der Waals surface area (Å²) < 4.78 is 1.75. The number of aryl methyl sites for hydroxylation is 1. The first-order chi connectivity index (χ1) is 12.0. The minimum absolute atomic E-state index is 0.000878. The molecule has 2 fully saturated rings. The summed E-state index contributed by atoms with van der Waals surface area (Å²) in [6, 6.07) is 5.94. The monoisotopic (exact) mass is 339 g/mol. The molecule has 2 amide bonds. The zero-order chi connectivity index (χ0) is 17.6. The van der Waals surface area contributed by atoms with Crippen LogP contribution in [-0.4, -0.2) is 62.1 Å². The Morgan fingerprint density at radius 3 is 2.72 bits per heavy atom. The zero-order valence-corrected chi connectivity index (χ0v) is 14.4. The minimum Gasteiger partial charge on any atom is -0.336 e. The van der Waals surface area contributed by atoms with Crippen LogP contribution in [0, 0.1) is 12.8 Å². The summed E-state index contributed by atoms with van der Waals surface area (Å²) >= 11 is 0. The normalized spacial score (nSPS) is 23.0. The third-order valence-electron chi connectivity index (χ3n) is 5.18. The molecule has 0 aliphatic carbocycles. The van der Waals surface area contributed by atoms with E-state index in [4.69, 9.17) is 0 Å². The maximum absolute atomic E-state index is 13.2. The molecule has 0 bridgehead atoms. The van der Waals surface area contributed by atoms with Crippen LogP contribution in [0.2, 0.25) is 0 Å². The first kappa shape index (κ1) is 15.8. The molecular formula is C18H21N5O2. The van der Waals surface area contributed by atoms with Gasteiger partial charge in [-0.05, 0) is 25.5 Å². The van der Waals surface area contributed by atoms with Gasteiger partial charge >= 0.3 is 0 Å². The standard InChI is InChI=1S/C18H21N5O2/c1-12-3-4-16(22-10-19-20-11-22)15(7-12)18(25)21-5-6-23-14(9-21)8-13(2)17(23)24/h3-4,7,10-11,13-14H,5-6,8-9H2,1-2H3. The highest BCUT2D eigenvalue weighted by Crippen LogP contribution is 2.28. The lowest BCUT2D eigenvalue weighted by atomic mass is 10.0. The molecule has 130 valence electrons. The second-order valence-corrected chi connectivity index (χ2v) is 6.96. The van der Waals surface area contributed by atoms with E-state index < -0.39 is 0 Å². The number of piperazine rings is 1. The number of hydrogen-bond acceptors (Lipinski definition) is 4. The lowest BCUT2D eigenvalue weighted by molar-refractivity contribution is -0.132. The second-order valence-electron chi connectivity index (χ2n) is 6.96. The molecular weight excluding hydrogens is 318 g/mol. The fourth-order valence-corrected chi connectivity index (χ4v) is 3.87. The topological polar surface area (TPSA) is 71.3 Å². The summed E-state index contributed by atoms with van der Waals surface area (Å²) in [5.74, 6) is 0.281. The molecule has 4 rings (SSSR count). The van der Waals surface area contributed by atoms with E-state index in [0.29, 0.717) is 25.2 Å². The van der Waals surface area contributed by atoms with Crippen molar-refractivity contribution < 1.29 is 9.59 Å². The van der Waals surface area contributed by atoms with Gasteiger partial charge in [0.05, 0.1) is 17.3 Å². The number of carbonyl (C=O) groups is 2. The van der Waals surface area contributed by atoms with Crippen molar-refractivity contribution in [3.63, 3.8) is 0 Å². The summed E-state index contributed by atoms with van der Waals surface area (Å²) in [6.45, 7) is 5.74. The van der Waals surface area contributed by atoms with E-state index in [1.165, 1.54) is 0 Å². The highest BCUT2D eigenvalue weighted by Gasteiger charge is 2.41. The summed E-state index contributed by atoms with van der Waals surface area (Å²) in [6.07, 6.45) is 4.02. The van der Waals surface area contributed by atoms with E-state index in [0.717, 1.165) is 17.7 Å². The van der Waals surface area contributed by atoms with Gasteiger partial charge in [0, 0.05) is 25.6 Å². The van der Waals surface area contributed by atoms with Gasteiger partial charge in [-0.3, -0.25) is 14.2 Å². The Bertz CT molecular complexity index is 817. The molecule has 1 aromatic carbocycles. The first-order valence-electron chi connectivity index (χ1n) is 8.60. The van der Waals surface area contributed by atoms with E-state index in [2.05, 4.69) is 10.2 Å². The van der Waals surface area contributed by atoms with Crippen molar-refractivity contribution in [2.75, 3.05) is 19.6 Å². The van der Waals surface area contributed by atoms with Crippen molar-refractivity contribution in [2.24, 2.45) is 5.92 Å².